The second kappa shape index (κ2) is 5.14. The number of aromatic nitrogens is 4. The van der Waals surface area contributed by atoms with Gasteiger partial charge in [-0.15, -0.1) is 15.3 Å². The zero-order valence-electron chi connectivity index (χ0n) is 12.2. The van der Waals surface area contributed by atoms with Gasteiger partial charge in [-0.25, -0.2) is 0 Å². The van der Waals surface area contributed by atoms with Crippen molar-refractivity contribution in [3.05, 3.63) is 18.0 Å². The summed E-state index contributed by atoms with van der Waals surface area (Å²) in [5.41, 5.74) is -0.115. The highest BCUT2D eigenvalue weighted by Gasteiger charge is 2.37. The van der Waals surface area contributed by atoms with E-state index in [2.05, 4.69) is 20.6 Å². The molecule has 0 radical (unpaired) electrons. The lowest BCUT2D eigenvalue weighted by atomic mass is 10.0. The standard InChI is InChI=1S/C12H17F3N6/c1-11(2,20(3)4)7-16-8-5-6-9-17-18-10(12(13,14)15)21(9)19-8/h5-6H,7H2,1-4H3,(H,16,19). The highest BCUT2D eigenvalue weighted by molar-refractivity contribution is 5.44. The molecule has 0 aromatic carbocycles. The normalized spacial score (nSPS) is 13.1. The Bertz CT molecular complexity index is 631. The van der Waals surface area contributed by atoms with Gasteiger partial charge in [-0.2, -0.15) is 17.7 Å². The van der Waals surface area contributed by atoms with Crippen molar-refractivity contribution in [3.63, 3.8) is 0 Å². The van der Waals surface area contributed by atoms with Crippen molar-refractivity contribution < 1.29 is 13.2 Å². The summed E-state index contributed by atoms with van der Waals surface area (Å²) in [5.74, 6) is -0.796. The lowest BCUT2D eigenvalue weighted by molar-refractivity contribution is -0.146. The van der Waals surface area contributed by atoms with Gasteiger partial charge in [-0.05, 0) is 40.1 Å². The third-order valence-electron chi connectivity index (χ3n) is 3.43. The van der Waals surface area contributed by atoms with Crippen LogP contribution in [-0.4, -0.2) is 50.9 Å². The number of alkyl halides is 3. The van der Waals surface area contributed by atoms with Crippen LogP contribution in [-0.2, 0) is 6.18 Å². The Morgan fingerprint density at radius 2 is 1.86 bits per heavy atom. The maximum atomic E-state index is 12.8. The van der Waals surface area contributed by atoms with Crippen molar-refractivity contribution >= 4 is 11.5 Å². The molecule has 2 heterocycles. The zero-order chi connectivity index (χ0) is 15.8. The second-order valence-corrected chi connectivity index (χ2v) is 5.57. The summed E-state index contributed by atoms with van der Waals surface area (Å²) in [6.07, 6.45) is -4.59. The fraction of sp³-hybridized carbons (Fsp3) is 0.583. The molecule has 0 spiro atoms. The van der Waals surface area contributed by atoms with E-state index in [9.17, 15) is 13.2 Å². The van der Waals surface area contributed by atoms with Crippen LogP contribution < -0.4 is 5.32 Å². The molecule has 0 amide bonds. The van der Waals surface area contributed by atoms with Crippen LogP contribution in [0.3, 0.4) is 0 Å². The number of nitrogens with one attached hydrogen (secondary N) is 1. The van der Waals surface area contributed by atoms with E-state index in [1.165, 1.54) is 6.07 Å². The molecule has 0 unspecified atom stereocenters. The molecular weight excluding hydrogens is 285 g/mol. The number of hydrogen-bond acceptors (Lipinski definition) is 5. The summed E-state index contributed by atoms with van der Waals surface area (Å²) in [4.78, 5) is 2.01. The smallest absolute Gasteiger partial charge is 0.367 e. The van der Waals surface area contributed by atoms with Crippen LogP contribution >= 0.6 is 0 Å². The van der Waals surface area contributed by atoms with Crippen molar-refractivity contribution in [3.8, 4) is 0 Å². The van der Waals surface area contributed by atoms with Crippen molar-refractivity contribution in [1.82, 2.24) is 24.7 Å². The Labute approximate surface area is 120 Å². The minimum atomic E-state index is -4.59. The average molecular weight is 302 g/mol. The quantitative estimate of drug-likeness (QED) is 0.934. The molecule has 9 heteroatoms. The Kier molecular flexibility index (Phi) is 3.79. The van der Waals surface area contributed by atoms with Gasteiger partial charge in [0, 0.05) is 12.1 Å². The van der Waals surface area contributed by atoms with Crippen LogP contribution in [0.25, 0.3) is 5.65 Å². The maximum absolute atomic E-state index is 12.8. The SMILES string of the molecule is CN(C)C(C)(C)CNc1ccc2nnc(C(F)(F)F)n2n1. The van der Waals surface area contributed by atoms with Gasteiger partial charge in [0.15, 0.2) is 5.65 Å². The molecule has 0 aliphatic heterocycles. The van der Waals surface area contributed by atoms with E-state index in [4.69, 9.17) is 0 Å². The van der Waals surface area contributed by atoms with Gasteiger partial charge in [0.2, 0.25) is 0 Å². The third kappa shape index (κ3) is 3.23. The van der Waals surface area contributed by atoms with E-state index in [0.29, 0.717) is 16.9 Å². The molecule has 0 aliphatic carbocycles. The Morgan fingerprint density at radius 1 is 1.19 bits per heavy atom. The number of fused-ring (bicyclic) bond motifs is 1. The fourth-order valence-corrected chi connectivity index (χ4v) is 1.52. The van der Waals surface area contributed by atoms with Gasteiger partial charge in [-0.3, -0.25) is 0 Å². The first-order chi connectivity index (χ1) is 9.61. The van der Waals surface area contributed by atoms with Gasteiger partial charge in [0.1, 0.15) is 5.82 Å². The van der Waals surface area contributed by atoms with Crippen LogP contribution in [0.2, 0.25) is 0 Å². The molecular formula is C12H17F3N6. The van der Waals surface area contributed by atoms with Gasteiger partial charge in [0.05, 0.1) is 0 Å². The second-order valence-electron chi connectivity index (χ2n) is 5.57. The Balaban J connectivity index is 2.27. The molecule has 0 bridgehead atoms. The van der Waals surface area contributed by atoms with Crippen LogP contribution in [0.4, 0.5) is 19.0 Å². The summed E-state index contributed by atoms with van der Waals surface area (Å²) in [6, 6.07) is 3.02. The fourth-order valence-electron chi connectivity index (χ4n) is 1.52. The molecule has 116 valence electrons. The summed E-state index contributed by atoms with van der Waals surface area (Å²) in [7, 11) is 3.86. The monoisotopic (exact) mass is 302 g/mol. The van der Waals surface area contributed by atoms with Crippen LogP contribution in [0.1, 0.15) is 19.7 Å². The first kappa shape index (κ1) is 15.5. The Hall–Kier alpha value is -1.90. The topological polar surface area (TPSA) is 58.3 Å². The van der Waals surface area contributed by atoms with Crippen molar-refractivity contribution in [2.24, 2.45) is 0 Å². The van der Waals surface area contributed by atoms with E-state index < -0.39 is 12.0 Å². The summed E-state index contributed by atoms with van der Waals surface area (Å²) >= 11 is 0. The zero-order valence-corrected chi connectivity index (χ0v) is 12.2. The highest BCUT2D eigenvalue weighted by atomic mass is 19.4. The van der Waals surface area contributed by atoms with Crippen LogP contribution in [0.15, 0.2) is 12.1 Å². The number of likely N-dealkylation sites (N-methyl/N-ethyl adjacent to an activating group) is 1. The summed E-state index contributed by atoms with van der Waals surface area (Å²) < 4.78 is 39.0. The van der Waals surface area contributed by atoms with Crippen LogP contribution in [0.5, 0.6) is 0 Å². The van der Waals surface area contributed by atoms with Crippen molar-refractivity contribution in [2.75, 3.05) is 26.0 Å². The minimum Gasteiger partial charge on any atom is -0.367 e. The summed E-state index contributed by atoms with van der Waals surface area (Å²) in [6.45, 7) is 4.55. The molecule has 0 saturated heterocycles. The molecule has 0 saturated carbocycles. The average Bonchev–Trinajstić information content (AvgIpc) is 2.79. The number of halogens is 3. The first-order valence-corrected chi connectivity index (χ1v) is 6.32. The minimum absolute atomic E-state index is 0.0553. The highest BCUT2D eigenvalue weighted by Crippen LogP contribution is 2.27. The van der Waals surface area contributed by atoms with Gasteiger partial charge in [-0.1, -0.05) is 0 Å². The predicted molar refractivity (Wildman–Crippen MR) is 72.0 cm³/mol. The van der Waals surface area contributed by atoms with Crippen LogP contribution in [0, 0.1) is 0 Å². The molecule has 0 aliphatic rings. The Morgan fingerprint density at radius 3 is 2.43 bits per heavy atom. The van der Waals surface area contributed by atoms with E-state index in [1.807, 2.05) is 32.8 Å². The maximum Gasteiger partial charge on any atom is 0.453 e. The van der Waals surface area contributed by atoms with Gasteiger partial charge in [0.25, 0.3) is 5.82 Å². The van der Waals surface area contributed by atoms with E-state index in [0.717, 1.165) is 0 Å². The number of hydrogen-bond donors (Lipinski definition) is 1. The molecule has 2 aromatic rings. The molecule has 1 N–H and O–H groups in total. The number of anilines is 1. The lowest BCUT2D eigenvalue weighted by Crippen LogP contribution is -2.44. The number of rotatable bonds is 4. The van der Waals surface area contributed by atoms with Crippen molar-refractivity contribution in [2.45, 2.75) is 25.6 Å². The molecule has 0 fully saturated rings. The van der Waals surface area contributed by atoms with E-state index in [1.54, 1.807) is 6.07 Å². The molecule has 21 heavy (non-hydrogen) atoms. The molecule has 6 nitrogen and oxygen atoms in total. The van der Waals surface area contributed by atoms with Gasteiger partial charge >= 0.3 is 6.18 Å². The van der Waals surface area contributed by atoms with Gasteiger partial charge < -0.3 is 10.2 Å². The predicted octanol–water partition coefficient (Wildman–Crippen LogP) is 1.90. The summed E-state index contributed by atoms with van der Waals surface area (Å²) in [5, 5.41) is 13.5. The lowest BCUT2D eigenvalue weighted by Gasteiger charge is -2.32. The number of nitrogens with zero attached hydrogens (tertiary/aromatic N) is 5. The molecule has 2 aromatic heterocycles. The van der Waals surface area contributed by atoms with E-state index in [-0.39, 0.29) is 11.2 Å². The largest absolute Gasteiger partial charge is 0.453 e. The third-order valence-corrected chi connectivity index (χ3v) is 3.43. The molecule has 2 rings (SSSR count). The van der Waals surface area contributed by atoms with E-state index >= 15 is 0 Å². The van der Waals surface area contributed by atoms with Crippen molar-refractivity contribution in [1.29, 1.82) is 0 Å². The first-order valence-electron chi connectivity index (χ1n) is 6.32. The molecule has 0 atom stereocenters.